The van der Waals surface area contributed by atoms with Gasteiger partial charge in [0.1, 0.15) is 11.7 Å². The van der Waals surface area contributed by atoms with Gasteiger partial charge in [-0.2, -0.15) is 0 Å². The number of ketones is 1. The Balaban J connectivity index is 2.25. The Bertz CT molecular complexity index is 1330. The molecule has 2 aliphatic heterocycles. The van der Waals surface area contributed by atoms with Crippen LogP contribution in [0, 0.1) is 29.6 Å². The molecule has 3 rings (SSSR count). The maximum atomic E-state index is 16.2. The van der Waals surface area contributed by atoms with Gasteiger partial charge in [0.05, 0.1) is 12.2 Å². The maximum Gasteiger partial charge on any atom is 0.351 e. The lowest BCUT2D eigenvalue weighted by Crippen LogP contribution is -2.56. The highest BCUT2D eigenvalue weighted by Gasteiger charge is 2.53. The van der Waals surface area contributed by atoms with E-state index in [0.29, 0.717) is 31.4 Å². The van der Waals surface area contributed by atoms with Crippen molar-refractivity contribution >= 4 is 29.4 Å². The molecule has 2 saturated heterocycles. The molecular formula is C38H54FNO6. The normalized spacial score (nSPS) is 38.9. The summed E-state index contributed by atoms with van der Waals surface area (Å²) in [5.41, 5.74) is -2.76. The SMILES string of the molecule is CC[C@H]1OC(=O)[C@@](C)(F)C(=O)[C@H](C)[C@@H](C)[C@@]2(C)C[C@@H](C)C(=NC(C)=O)[C@H](C)[C@@H](CCC/C(=C\C=C\c3ccccc3)CO2)[C@]1(C)O. The Morgan fingerprint density at radius 1 is 1.09 bits per heavy atom. The van der Waals surface area contributed by atoms with Gasteiger partial charge in [-0.1, -0.05) is 83.2 Å². The highest BCUT2D eigenvalue weighted by atomic mass is 19.1. The monoisotopic (exact) mass is 639 g/mol. The molecule has 254 valence electrons. The summed E-state index contributed by atoms with van der Waals surface area (Å²) in [6, 6.07) is 9.99. The number of carbonyl (C=O) groups excluding carboxylic acids is 3. The first-order chi connectivity index (χ1) is 21.5. The number of cyclic esters (lactones) is 1. The molecule has 46 heavy (non-hydrogen) atoms. The predicted molar refractivity (Wildman–Crippen MR) is 180 cm³/mol. The van der Waals surface area contributed by atoms with Gasteiger partial charge in [-0.25, -0.2) is 14.2 Å². The minimum Gasteiger partial charge on any atom is -0.457 e. The first-order valence-corrected chi connectivity index (χ1v) is 16.8. The van der Waals surface area contributed by atoms with E-state index in [2.05, 4.69) is 11.1 Å². The van der Waals surface area contributed by atoms with Crippen LogP contribution in [0.1, 0.15) is 100.0 Å². The molecule has 2 bridgehead atoms. The van der Waals surface area contributed by atoms with Gasteiger partial charge in [-0.05, 0) is 81.8 Å². The number of rotatable bonds is 3. The first kappa shape index (κ1) is 37.5. The van der Waals surface area contributed by atoms with Crippen molar-refractivity contribution in [3.63, 3.8) is 0 Å². The molecule has 8 heteroatoms. The number of carbonyl (C=O) groups is 3. The van der Waals surface area contributed by atoms with Crippen LogP contribution in [0.4, 0.5) is 4.39 Å². The second-order valence-corrected chi connectivity index (χ2v) is 14.1. The lowest BCUT2D eigenvalue weighted by molar-refractivity contribution is -0.187. The summed E-state index contributed by atoms with van der Waals surface area (Å²) >= 11 is 0. The molecule has 7 nitrogen and oxygen atoms in total. The summed E-state index contributed by atoms with van der Waals surface area (Å²) in [6.07, 6.45) is 7.44. The van der Waals surface area contributed by atoms with Gasteiger partial charge in [-0.3, -0.25) is 9.59 Å². The Morgan fingerprint density at radius 3 is 2.35 bits per heavy atom. The lowest BCUT2D eigenvalue weighted by Gasteiger charge is -2.46. The van der Waals surface area contributed by atoms with E-state index in [4.69, 9.17) is 9.47 Å². The van der Waals surface area contributed by atoms with Crippen LogP contribution in [0.25, 0.3) is 6.08 Å². The third-order valence-electron chi connectivity index (χ3n) is 10.6. The number of esters is 1. The van der Waals surface area contributed by atoms with Gasteiger partial charge in [0.15, 0.2) is 5.78 Å². The van der Waals surface area contributed by atoms with Crippen molar-refractivity contribution in [1.29, 1.82) is 0 Å². The van der Waals surface area contributed by atoms with Gasteiger partial charge < -0.3 is 14.6 Å². The van der Waals surface area contributed by atoms with Gasteiger partial charge in [-0.15, -0.1) is 0 Å². The van der Waals surface area contributed by atoms with Crippen molar-refractivity contribution in [2.75, 3.05) is 6.61 Å². The molecular weight excluding hydrogens is 585 g/mol. The van der Waals surface area contributed by atoms with E-state index < -0.39 is 52.5 Å². The number of halogens is 1. The van der Waals surface area contributed by atoms with E-state index in [1.807, 2.05) is 70.2 Å². The minimum atomic E-state index is -2.92. The standard InChI is InChI=1S/C38H54FNO6/c1-10-32-38(9,44)31-21-15-20-30(19-14-18-29-16-12-11-13-17-29)23-45-36(7,22-24(2)33(26(31)4)40-28(6)41)27(5)25(3)34(42)37(8,39)35(43)46-32/h11-14,16-19,24-27,31-32,44H,10,15,20-23H2,1-9H3/b18-14+,30-19+,40-33?/t24-,25-,26-,27-,31-,32-,36-,37+,38+/m1/s1. The number of Topliss-reactive ketones (excluding diaryl/α,β-unsaturated/α-hetero) is 1. The van der Waals surface area contributed by atoms with Gasteiger partial charge in [0, 0.05) is 24.5 Å². The minimum absolute atomic E-state index is 0.203. The molecule has 0 aliphatic carbocycles. The number of hydrogen-bond donors (Lipinski definition) is 1. The van der Waals surface area contributed by atoms with E-state index >= 15 is 4.39 Å². The highest BCUT2D eigenvalue weighted by Crippen LogP contribution is 2.43. The number of aliphatic imine (C=N–C) groups is 1. The molecule has 2 heterocycles. The number of benzene rings is 1. The summed E-state index contributed by atoms with van der Waals surface area (Å²) in [6.45, 7) is 15.3. The van der Waals surface area contributed by atoms with Crippen molar-refractivity contribution in [1.82, 2.24) is 0 Å². The molecule has 2 fully saturated rings. The molecule has 1 N–H and O–H groups in total. The van der Waals surface area contributed by atoms with Crippen molar-refractivity contribution < 1.29 is 33.4 Å². The Kier molecular flexibility index (Phi) is 12.5. The van der Waals surface area contributed by atoms with Crippen LogP contribution in [-0.2, 0) is 23.9 Å². The molecule has 0 spiro atoms. The molecule has 0 unspecified atom stereocenters. The van der Waals surface area contributed by atoms with Crippen LogP contribution in [0.2, 0.25) is 0 Å². The summed E-state index contributed by atoms with van der Waals surface area (Å²) in [7, 11) is 0. The van der Waals surface area contributed by atoms with E-state index in [0.717, 1.165) is 18.1 Å². The second-order valence-electron chi connectivity index (χ2n) is 14.1. The van der Waals surface area contributed by atoms with Crippen LogP contribution in [0.3, 0.4) is 0 Å². The molecule has 1 aromatic carbocycles. The zero-order valence-electron chi connectivity index (χ0n) is 29.1. The summed E-state index contributed by atoms with van der Waals surface area (Å²) in [4.78, 5) is 44.0. The summed E-state index contributed by atoms with van der Waals surface area (Å²) < 4.78 is 28.6. The number of hydrogen-bond acceptors (Lipinski definition) is 6. The number of nitrogens with zero attached hydrogens (tertiary/aromatic N) is 1. The van der Waals surface area contributed by atoms with E-state index in [1.165, 1.54) is 6.92 Å². The largest absolute Gasteiger partial charge is 0.457 e. The molecule has 0 aromatic heterocycles. The van der Waals surface area contributed by atoms with Crippen LogP contribution in [0.15, 0.2) is 53.0 Å². The number of aliphatic hydroxyl groups is 1. The average molecular weight is 640 g/mol. The topological polar surface area (TPSA) is 102 Å². The summed E-state index contributed by atoms with van der Waals surface area (Å²) in [5, 5.41) is 12.2. The van der Waals surface area contributed by atoms with Crippen LogP contribution < -0.4 is 0 Å². The smallest absolute Gasteiger partial charge is 0.351 e. The third kappa shape index (κ3) is 8.48. The van der Waals surface area contributed by atoms with Crippen LogP contribution in [0.5, 0.6) is 0 Å². The quantitative estimate of drug-likeness (QED) is 0.271. The molecule has 2 aliphatic rings. The van der Waals surface area contributed by atoms with E-state index in [-0.39, 0.29) is 30.8 Å². The lowest BCUT2D eigenvalue weighted by atomic mass is 9.67. The summed E-state index contributed by atoms with van der Waals surface area (Å²) in [5.74, 6) is -5.14. The Morgan fingerprint density at radius 2 is 1.74 bits per heavy atom. The van der Waals surface area contributed by atoms with Crippen molar-refractivity contribution in [2.45, 2.75) is 117 Å². The molecule has 1 aromatic rings. The van der Waals surface area contributed by atoms with Crippen molar-refractivity contribution in [3.05, 3.63) is 53.6 Å². The molecule has 0 saturated carbocycles. The molecule has 1 amide bonds. The Labute approximate surface area is 274 Å². The fourth-order valence-corrected chi connectivity index (χ4v) is 7.43. The predicted octanol–water partition coefficient (Wildman–Crippen LogP) is 7.51. The average Bonchev–Trinajstić information content (AvgIpc) is 3.00. The van der Waals surface area contributed by atoms with Crippen molar-refractivity contribution in [2.24, 2.45) is 34.6 Å². The number of amides is 1. The third-order valence-corrected chi connectivity index (χ3v) is 10.6. The second kappa shape index (κ2) is 15.3. The number of alkyl halides is 1. The molecule has 0 radical (unpaired) electrons. The van der Waals surface area contributed by atoms with Crippen LogP contribution >= 0.6 is 0 Å². The zero-order valence-corrected chi connectivity index (χ0v) is 29.1. The van der Waals surface area contributed by atoms with Crippen molar-refractivity contribution in [3.8, 4) is 0 Å². The molecule has 9 atom stereocenters. The van der Waals surface area contributed by atoms with Gasteiger partial charge in [0.2, 0.25) is 5.91 Å². The van der Waals surface area contributed by atoms with Crippen LogP contribution in [-0.4, -0.2) is 58.1 Å². The first-order valence-electron chi connectivity index (χ1n) is 16.8. The fourth-order valence-electron chi connectivity index (χ4n) is 7.43. The Hall–Kier alpha value is -2.97. The maximum absolute atomic E-state index is 16.2. The van der Waals surface area contributed by atoms with Gasteiger partial charge >= 0.3 is 5.97 Å². The zero-order chi connectivity index (χ0) is 34.4. The highest BCUT2D eigenvalue weighted by molar-refractivity contribution is 6.07. The van der Waals surface area contributed by atoms with E-state index in [1.54, 1.807) is 20.8 Å². The number of ether oxygens (including phenoxy) is 2. The number of allylic oxidation sites excluding steroid dienone is 2. The number of fused-ring (bicyclic) bond motifs is 5. The van der Waals surface area contributed by atoms with E-state index in [9.17, 15) is 19.5 Å². The van der Waals surface area contributed by atoms with Gasteiger partial charge in [0.25, 0.3) is 5.67 Å². The fraction of sp³-hybridized carbons (Fsp3) is 0.632.